The van der Waals surface area contributed by atoms with Crippen molar-refractivity contribution in [1.82, 2.24) is 19.7 Å². The van der Waals surface area contributed by atoms with Gasteiger partial charge in [-0.3, -0.25) is 9.32 Å². The van der Waals surface area contributed by atoms with Gasteiger partial charge in [-0.1, -0.05) is 44.9 Å². The Morgan fingerprint density at radius 1 is 1.21 bits per heavy atom. The minimum absolute atomic E-state index is 0.110. The summed E-state index contributed by atoms with van der Waals surface area (Å²) in [6.45, 7) is 7.43. The first kappa shape index (κ1) is 30.4. The van der Waals surface area contributed by atoms with Crippen LogP contribution in [0.1, 0.15) is 52.7 Å². The van der Waals surface area contributed by atoms with E-state index in [0.29, 0.717) is 11.2 Å². The fourth-order valence-electron chi connectivity index (χ4n) is 5.40. The fraction of sp³-hybridized carbons (Fsp3) is 0.536. The zero-order valence-corrected chi connectivity index (χ0v) is 24.9. The zero-order chi connectivity index (χ0) is 30.3. The molecule has 5 rings (SSSR count). The van der Waals surface area contributed by atoms with E-state index in [2.05, 4.69) is 15.2 Å². The van der Waals surface area contributed by atoms with E-state index < -0.39 is 49.3 Å². The standard InChI is InChI=1S/C28H38N5O8P/c1-5-18(6-2)15-38-26(36)17(3)32-42(37,39-19-10-8-7-9-11-19)40-22-14-28(22)24(35)23(34)27(4,41-28)21-13-12-20-25(29)30-16-31-33(20)21/h7-13,16-18,22-24,34-35H,5-6,14-15H2,1-4H3,(H,32,37)(H2,29,30,31)/t17-,22-,23+,24-,27-,28?,42+/m0/s1. The van der Waals surface area contributed by atoms with Crippen molar-refractivity contribution in [2.45, 2.75) is 82.5 Å². The number of hydrogen-bond acceptors (Lipinski definition) is 11. The number of hydrogen-bond donors (Lipinski definition) is 4. The fourth-order valence-corrected chi connectivity index (χ4v) is 7.12. The summed E-state index contributed by atoms with van der Waals surface area (Å²) < 4.78 is 39.2. The van der Waals surface area contributed by atoms with Gasteiger partial charge in [0.05, 0.1) is 12.3 Å². The van der Waals surface area contributed by atoms with Crippen molar-refractivity contribution in [2.24, 2.45) is 5.92 Å². The molecule has 0 amide bonds. The summed E-state index contributed by atoms with van der Waals surface area (Å²) in [5.41, 5.74) is 4.11. The van der Waals surface area contributed by atoms with Crippen LogP contribution in [0, 0.1) is 5.92 Å². The Morgan fingerprint density at radius 2 is 1.93 bits per heavy atom. The number of rotatable bonds is 12. The van der Waals surface area contributed by atoms with Crippen LogP contribution >= 0.6 is 7.75 Å². The third kappa shape index (κ3) is 5.52. The molecule has 3 heterocycles. The molecule has 228 valence electrons. The summed E-state index contributed by atoms with van der Waals surface area (Å²) in [6, 6.07) is 10.7. The van der Waals surface area contributed by atoms with Gasteiger partial charge in [-0.15, -0.1) is 0 Å². The van der Waals surface area contributed by atoms with Crippen molar-refractivity contribution in [2.75, 3.05) is 12.3 Å². The monoisotopic (exact) mass is 603 g/mol. The highest BCUT2D eigenvalue weighted by molar-refractivity contribution is 7.52. The molecule has 1 aliphatic heterocycles. The van der Waals surface area contributed by atoms with Gasteiger partial charge in [0.2, 0.25) is 0 Å². The van der Waals surface area contributed by atoms with E-state index in [1.807, 2.05) is 13.8 Å². The van der Waals surface area contributed by atoms with E-state index in [1.165, 1.54) is 17.8 Å². The number of carbonyl (C=O) groups excluding carboxylic acids is 1. The number of nitrogens with zero attached hydrogens (tertiary/aromatic N) is 3. The molecule has 13 nitrogen and oxygen atoms in total. The third-order valence-corrected chi connectivity index (χ3v) is 9.89. The molecule has 14 heteroatoms. The molecule has 1 aromatic carbocycles. The molecule has 2 fully saturated rings. The number of anilines is 1. The molecule has 7 atom stereocenters. The predicted molar refractivity (Wildman–Crippen MR) is 152 cm³/mol. The quantitative estimate of drug-likeness (QED) is 0.176. The number of esters is 1. The van der Waals surface area contributed by atoms with Crippen molar-refractivity contribution >= 4 is 25.1 Å². The number of carbonyl (C=O) groups is 1. The average Bonchev–Trinajstić information content (AvgIpc) is 3.35. The lowest BCUT2D eigenvalue weighted by Gasteiger charge is -2.27. The minimum atomic E-state index is -4.24. The van der Waals surface area contributed by atoms with Crippen molar-refractivity contribution < 1.29 is 38.1 Å². The van der Waals surface area contributed by atoms with Crippen LogP contribution in [0.2, 0.25) is 0 Å². The molecule has 3 aromatic rings. The van der Waals surface area contributed by atoms with Crippen LogP contribution < -0.4 is 15.3 Å². The van der Waals surface area contributed by atoms with Gasteiger partial charge >= 0.3 is 13.7 Å². The van der Waals surface area contributed by atoms with Gasteiger partial charge in [-0.2, -0.15) is 10.2 Å². The van der Waals surface area contributed by atoms with Crippen LogP contribution in [0.5, 0.6) is 5.75 Å². The summed E-state index contributed by atoms with van der Waals surface area (Å²) >= 11 is 0. The molecule has 1 saturated carbocycles. The largest absolute Gasteiger partial charge is 0.464 e. The maximum atomic E-state index is 14.1. The third-order valence-electron chi connectivity index (χ3n) is 8.20. The molecular weight excluding hydrogens is 565 g/mol. The molecule has 1 unspecified atom stereocenters. The van der Waals surface area contributed by atoms with Gasteiger partial charge in [0.1, 0.15) is 53.1 Å². The van der Waals surface area contributed by atoms with E-state index >= 15 is 0 Å². The molecule has 42 heavy (non-hydrogen) atoms. The van der Waals surface area contributed by atoms with Crippen LogP contribution in [0.15, 0.2) is 48.8 Å². The molecular formula is C28H38N5O8P. The summed E-state index contributed by atoms with van der Waals surface area (Å²) in [7, 11) is -4.24. The van der Waals surface area contributed by atoms with Gasteiger partial charge in [0.25, 0.3) is 0 Å². The van der Waals surface area contributed by atoms with Gasteiger partial charge in [-0.25, -0.2) is 14.1 Å². The number of nitrogens with two attached hydrogens (primary N) is 1. The lowest BCUT2D eigenvalue weighted by Crippen LogP contribution is -2.40. The van der Waals surface area contributed by atoms with E-state index in [0.717, 1.165) is 12.8 Å². The number of fused-ring (bicyclic) bond motifs is 1. The van der Waals surface area contributed by atoms with Crippen molar-refractivity contribution in [3.63, 3.8) is 0 Å². The molecule has 2 aromatic heterocycles. The van der Waals surface area contributed by atoms with Gasteiger partial charge in [-0.05, 0) is 44.0 Å². The number of ether oxygens (including phenoxy) is 2. The van der Waals surface area contributed by atoms with Gasteiger partial charge in [0, 0.05) is 6.42 Å². The second kappa shape index (κ2) is 11.6. The minimum Gasteiger partial charge on any atom is -0.464 e. The number of aromatic nitrogens is 3. The molecule has 1 saturated heterocycles. The first-order chi connectivity index (χ1) is 20.0. The zero-order valence-electron chi connectivity index (χ0n) is 24.0. The highest BCUT2D eigenvalue weighted by Crippen LogP contribution is 2.62. The number of para-hydroxylation sites is 1. The predicted octanol–water partition coefficient (Wildman–Crippen LogP) is 2.95. The highest BCUT2D eigenvalue weighted by atomic mass is 31.2. The van der Waals surface area contributed by atoms with Crippen LogP contribution in [0.4, 0.5) is 5.82 Å². The number of aliphatic hydroxyl groups excluding tert-OH is 2. The van der Waals surface area contributed by atoms with Crippen molar-refractivity contribution in [1.29, 1.82) is 0 Å². The Labute approximate surface area is 243 Å². The van der Waals surface area contributed by atoms with Crippen LogP contribution in [-0.2, 0) is 29.0 Å². The number of nitrogen functional groups attached to an aromatic ring is 1. The maximum absolute atomic E-state index is 14.1. The van der Waals surface area contributed by atoms with Gasteiger partial charge < -0.3 is 29.9 Å². The molecule has 5 N–H and O–H groups in total. The second-order valence-electron chi connectivity index (χ2n) is 11.1. The van der Waals surface area contributed by atoms with E-state index in [1.54, 1.807) is 49.4 Å². The molecule has 1 aliphatic carbocycles. The topological polar surface area (TPSA) is 180 Å². The summed E-state index contributed by atoms with van der Waals surface area (Å²) in [4.78, 5) is 16.8. The average molecular weight is 604 g/mol. The first-order valence-electron chi connectivity index (χ1n) is 14.1. The Bertz CT molecular complexity index is 1470. The number of aliphatic hydroxyl groups is 2. The summed E-state index contributed by atoms with van der Waals surface area (Å²) in [5.74, 6) is 0.107. The van der Waals surface area contributed by atoms with Gasteiger partial charge in [0.15, 0.2) is 5.82 Å². The Morgan fingerprint density at radius 3 is 2.62 bits per heavy atom. The Balaban J connectivity index is 1.36. The SMILES string of the molecule is CCC(CC)COC(=O)[C@H](C)N[P@@](=O)(Oc1ccccc1)O[C@H]1CC12O[C@@](C)(c1ccc3c(N)ncnn13)[C@H](O)[C@@H]2O. The Kier molecular flexibility index (Phi) is 8.36. The number of nitrogens with one attached hydrogen (secondary N) is 1. The van der Waals surface area contributed by atoms with Crippen LogP contribution in [-0.4, -0.2) is 67.3 Å². The smallest absolute Gasteiger partial charge is 0.459 e. The summed E-state index contributed by atoms with van der Waals surface area (Å²) in [6.07, 6.45) is -0.609. The van der Waals surface area contributed by atoms with Crippen molar-refractivity contribution in [3.8, 4) is 5.75 Å². The number of benzene rings is 1. The van der Waals surface area contributed by atoms with Crippen LogP contribution in [0.3, 0.4) is 0 Å². The lowest BCUT2D eigenvalue weighted by atomic mass is 9.93. The summed E-state index contributed by atoms with van der Waals surface area (Å²) in [5, 5.41) is 29.3. The lowest BCUT2D eigenvalue weighted by molar-refractivity contribution is -0.146. The van der Waals surface area contributed by atoms with Crippen LogP contribution in [0.25, 0.3) is 5.52 Å². The first-order valence-corrected chi connectivity index (χ1v) is 15.6. The van der Waals surface area contributed by atoms with Crippen molar-refractivity contribution in [3.05, 3.63) is 54.5 Å². The maximum Gasteiger partial charge on any atom is 0.459 e. The molecule has 0 bridgehead atoms. The normalized spacial score (nSPS) is 29.1. The highest BCUT2D eigenvalue weighted by Gasteiger charge is 2.74. The second-order valence-corrected chi connectivity index (χ2v) is 12.7. The van der Waals surface area contributed by atoms with E-state index in [-0.39, 0.29) is 30.5 Å². The Hall–Kier alpha value is -3.06. The van der Waals surface area contributed by atoms with E-state index in [9.17, 15) is 19.6 Å². The van der Waals surface area contributed by atoms with E-state index in [4.69, 9.17) is 24.3 Å². The molecule has 2 aliphatic rings. The molecule has 0 radical (unpaired) electrons. The molecule has 1 spiro atoms.